The van der Waals surface area contributed by atoms with Crippen LogP contribution in [0.1, 0.15) is 17.9 Å². The first-order valence-corrected chi connectivity index (χ1v) is 3.96. The van der Waals surface area contributed by atoms with Gasteiger partial charge in [-0.25, -0.2) is 0 Å². The Balaban J connectivity index is 2.36. The monoisotopic (exact) mass is 165 g/mol. The number of phenols is 2. The molecule has 1 aromatic rings. The lowest BCUT2D eigenvalue weighted by atomic mass is 10.1. The van der Waals surface area contributed by atoms with Crippen molar-refractivity contribution in [3.05, 3.63) is 23.8 Å². The van der Waals surface area contributed by atoms with Crippen molar-refractivity contribution in [2.75, 3.05) is 0 Å². The van der Waals surface area contributed by atoms with Crippen LogP contribution in [0.25, 0.3) is 0 Å². The molecule has 2 atom stereocenters. The van der Waals surface area contributed by atoms with Crippen LogP contribution in [0.3, 0.4) is 0 Å². The maximum atomic E-state index is 9.40. The molecule has 0 aromatic heterocycles. The topological polar surface area (TPSA) is 66.5 Å². The number of phenolic OH excluding ortho intramolecular Hbond substituents is 2. The summed E-state index contributed by atoms with van der Waals surface area (Å²) in [7, 11) is 0. The molecule has 0 heterocycles. The van der Waals surface area contributed by atoms with Crippen molar-refractivity contribution in [1.82, 2.24) is 0 Å². The van der Waals surface area contributed by atoms with E-state index < -0.39 is 0 Å². The minimum absolute atomic E-state index is 0.151. The zero-order valence-corrected chi connectivity index (χ0v) is 6.57. The van der Waals surface area contributed by atoms with Crippen LogP contribution < -0.4 is 5.73 Å². The molecule has 2 rings (SSSR count). The molecule has 0 radical (unpaired) electrons. The normalized spacial score (nSPS) is 27.1. The van der Waals surface area contributed by atoms with E-state index in [2.05, 4.69) is 0 Å². The fourth-order valence-electron chi connectivity index (χ4n) is 1.41. The largest absolute Gasteiger partial charge is 0.508 e. The van der Waals surface area contributed by atoms with E-state index in [4.69, 9.17) is 10.8 Å². The maximum Gasteiger partial charge on any atom is 0.119 e. The third-order valence-corrected chi connectivity index (χ3v) is 2.25. The summed E-state index contributed by atoms with van der Waals surface area (Å²) in [6.45, 7) is 0. The number of hydrogen-bond acceptors (Lipinski definition) is 3. The van der Waals surface area contributed by atoms with Crippen molar-refractivity contribution in [2.45, 2.75) is 18.4 Å². The molecule has 1 aromatic carbocycles. The number of rotatable bonds is 1. The summed E-state index contributed by atoms with van der Waals surface area (Å²) in [4.78, 5) is 0. The Morgan fingerprint density at radius 1 is 1.33 bits per heavy atom. The Kier molecular flexibility index (Phi) is 1.48. The summed E-state index contributed by atoms with van der Waals surface area (Å²) in [5.74, 6) is 0.643. The SMILES string of the molecule is N[C@@H]1C[C@H]1c1cc(O)ccc1O. The van der Waals surface area contributed by atoms with Crippen molar-refractivity contribution in [1.29, 1.82) is 0 Å². The summed E-state index contributed by atoms with van der Waals surface area (Å²) in [5.41, 5.74) is 6.39. The van der Waals surface area contributed by atoms with E-state index in [1.807, 2.05) is 0 Å². The summed E-state index contributed by atoms with van der Waals surface area (Å²) in [6, 6.07) is 4.69. The zero-order valence-electron chi connectivity index (χ0n) is 6.57. The third-order valence-electron chi connectivity index (χ3n) is 2.25. The van der Waals surface area contributed by atoms with Gasteiger partial charge < -0.3 is 15.9 Å². The average Bonchev–Trinajstić information content (AvgIpc) is 2.73. The summed E-state index contributed by atoms with van der Waals surface area (Å²) < 4.78 is 0. The van der Waals surface area contributed by atoms with E-state index in [1.165, 1.54) is 12.1 Å². The van der Waals surface area contributed by atoms with Crippen molar-refractivity contribution in [3.8, 4) is 11.5 Å². The number of aromatic hydroxyl groups is 2. The highest BCUT2D eigenvalue weighted by molar-refractivity contribution is 5.44. The van der Waals surface area contributed by atoms with Gasteiger partial charge in [-0.2, -0.15) is 0 Å². The van der Waals surface area contributed by atoms with Crippen LogP contribution in [0.4, 0.5) is 0 Å². The molecule has 12 heavy (non-hydrogen) atoms. The minimum atomic E-state index is 0.151. The van der Waals surface area contributed by atoms with E-state index in [1.54, 1.807) is 6.07 Å². The molecule has 1 saturated carbocycles. The molecule has 1 aliphatic carbocycles. The van der Waals surface area contributed by atoms with E-state index in [9.17, 15) is 5.11 Å². The van der Waals surface area contributed by atoms with Crippen LogP contribution in [-0.2, 0) is 0 Å². The highest BCUT2D eigenvalue weighted by Gasteiger charge is 2.36. The molecule has 3 nitrogen and oxygen atoms in total. The molecule has 0 unspecified atom stereocenters. The molecule has 0 bridgehead atoms. The molecule has 0 amide bonds. The second kappa shape index (κ2) is 2.38. The van der Waals surface area contributed by atoms with Crippen LogP contribution in [0, 0.1) is 0 Å². The molecule has 0 aliphatic heterocycles. The molecule has 4 N–H and O–H groups in total. The van der Waals surface area contributed by atoms with Crippen LogP contribution >= 0.6 is 0 Å². The molecule has 0 saturated heterocycles. The molecular formula is C9H11NO2. The molecular weight excluding hydrogens is 154 g/mol. The van der Waals surface area contributed by atoms with Crippen molar-refractivity contribution >= 4 is 0 Å². The van der Waals surface area contributed by atoms with Crippen LogP contribution in [0.5, 0.6) is 11.5 Å². The fraction of sp³-hybridized carbons (Fsp3) is 0.333. The van der Waals surface area contributed by atoms with Gasteiger partial charge in [-0.1, -0.05) is 0 Å². The summed E-state index contributed by atoms with van der Waals surface area (Å²) >= 11 is 0. The quantitative estimate of drug-likeness (QED) is 0.542. The first-order valence-electron chi connectivity index (χ1n) is 3.96. The fourth-order valence-corrected chi connectivity index (χ4v) is 1.41. The molecule has 0 spiro atoms. The lowest BCUT2D eigenvalue weighted by Gasteiger charge is -2.02. The molecule has 1 fully saturated rings. The van der Waals surface area contributed by atoms with Gasteiger partial charge in [0.25, 0.3) is 0 Å². The number of hydrogen-bond donors (Lipinski definition) is 3. The van der Waals surface area contributed by atoms with Gasteiger partial charge >= 0.3 is 0 Å². The summed E-state index contributed by atoms with van der Waals surface area (Å²) in [5, 5.41) is 18.5. The summed E-state index contributed by atoms with van der Waals surface area (Å²) in [6.07, 6.45) is 0.900. The highest BCUT2D eigenvalue weighted by atomic mass is 16.3. The predicted octanol–water partition coefficient (Wildman–Crippen LogP) is 0.912. The average molecular weight is 165 g/mol. The first kappa shape index (κ1) is 7.43. The van der Waals surface area contributed by atoms with E-state index in [0.29, 0.717) is 0 Å². The lowest BCUT2D eigenvalue weighted by Crippen LogP contribution is -2.00. The van der Waals surface area contributed by atoms with Crippen LogP contribution in [-0.4, -0.2) is 16.3 Å². The Labute approximate surface area is 70.4 Å². The standard InChI is InChI=1S/C9H11NO2/c10-8-4-6(8)7-3-5(11)1-2-9(7)12/h1-3,6,8,11-12H,4,10H2/t6-,8+/m0/s1. The smallest absolute Gasteiger partial charge is 0.119 e. The Morgan fingerprint density at radius 2 is 2.00 bits per heavy atom. The second-order valence-electron chi connectivity index (χ2n) is 3.25. The van der Waals surface area contributed by atoms with Gasteiger partial charge in [0.05, 0.1) is 0 Å². The van der Waals surface area contributed by atoms with Crippen LogP contribution in [0.15, 0.2) is 18.2 Å². The Hall–Kier alpha value is -1.22. The van der Waals surface area contributed by atoms with E-state index in [0.717, 1.165) is 12.0 Å². The van der Waals surface area contributed by atoms with Gasteiger partial charge in [0.2, 0.25) is 0 Å². The zero-order chi connectivity index (χ0) is 8.72. The van der Waals surface area contributed by atoms with Crippen molar-refractivity contribution < 1.29 is 10.2 Å². The maximum absolute atomic E-state index is 9.40. The van der Waals surface area contributed by atoms with Crippen molar-refractivity contribution in [2.24, 2.45) is 5.73 Å². The first-order chi connectivity index (χ1) is 5.68. The van der Waals surface area contributed by atoms with Gasteiger partial charge in [-0.15, -0.1) is 0 Å². The van der Waals surface area contributed by atoms with Crippen LogP contribution in [0.2, 0.25) is 0 Å². The van der Waals surface area contributed by atoms with Gasteiger partial charge in [0.1, 0.15) is 11.5 Å². The molecule has 3 heteroatoms. The molecule has 64 valence electrons. The van der Waals surface area contributed by atoms with Gasteiger partial charge in [0.15, 0.2) is 0 Å². The Bertz CT molecular complexity index is 311. The van der Waals surface area contributed by atoms with Gasteiger partial charge in [-0.3, -0.25) is 0 Å². The third kappa shape index (κ3) is 1.12. The minimum Gasteiger partial charge on any atom is -0.508 e. The number of nitrogens with two attached hydrogens (primary N) is 1. The lowest BCUT2D eigenvalue weighted by molar-refractivity contribution is 0.454. The Morgan fingerprint density at radius 3 is 2.58 bits per heavy atom. The molecule has 1 aliphatic rings. The second-order valence-corrected chi connectivity index (χ2v) is 3.25. The van der Waals surface area contributed by atoms with Gasteiger partial charge in [-0.05, 0) is 24.6 Å². The van der Waals surface area contributed by atoms with E-state index in [-0.39, 0.29) is 23.5 Å². The van der Waals surface area contributed by atoms with E-state index >= 15 is 0 Å². The highest BCUT2D eigenvalue weighted by Crippen LogP contribution is 2.43. The van der Waals surface area contributed by atoms with Crippen molar-refractivity contribution in [3.63, 3.8) is 0 Å². The number of benzene rings is 1. The predicted molar refractivity (Wildman–Crippen MR) is 45.1 cm³/mol. The van der Waals surface area contributed by atoms with Gasteiger partial charge in [0, 0.05) is 17.5 Å².